The van der Waals surface area contributed by atoms with Crippen molar-refractivity contribution in [3.05, 3.63) is 58.9 Å². The molecule has 1 amide bonds. The molecule has 0 unspecified atom stereocenters. The Morgan fingerprint density at radius 3 is 2.48 bits per heavy atom. The molecule has 1 heterocycles. The number of carbonyl (C=O) groups excluding carboxylic acids is 1. The van der Waals surface area contributed by atoms with Gasteiger partial charge in [-0.2, -0.15) is 0 Å². The molecule has 0 saturated heterocycles. The van der Waals surface area contributed by atoms with Crippen molar-refractivity contribution >= 4 is 23.2 Å². The fraction of sp³-hybridized carbons (Fsp3) is 0.250. The number of benzene rings is 1. The second kappa shape index (κ2) is 8.15. The van der Waals surface area contributed by atoms with E-state index in [4.69, 9.17) is 11.6 Å². The van der Waals surface area contributed by atoms with Gasteiger partial charge >= 0.3 is 0 Å². The summed E-state index contributed by atoms with van der Waals surface area (Å²) in [7, 11) is 0. The van der Waals surface area contributed by atoms with Crippen LogP contribution in [0, 0.1) is 13.8 Å². The van der Waals surface area contributed by atoms with Gasteiger partial charge in [0.25, 0.3) is 0 Å². The lowest BCUT2D eigenvalue weighted by Gasteiger charge is -2.07. The number of hydrogen-bond acceptors (Lipinski definition) is 1. The Kier molecular flexibility index (Phi) is 6.85. The van der Waals surface area contributed by atoms with Crippen molar-refractivity contribution < 1.29 is 26.3 Å². The van der Waals surface area contributed by atoms with Crippen LogP contribution in [0.15, 0.2) is 42.7 Å². The largest absolute Gasteiger partial charge is 1.00 e. The lowest BCUT2D eigenvalue weighted by Crippen LogP contribution is -3.00. The van der Waals surface area contributed by atoms with Gasteiger partial charge in [-0.25, -0.2) is 4.57 Å². The Labute approximate surface area is 140 Å². The van der Waals surface area contributed by atoms with Crippen LogP contribution in [0.4, 0.5) is 5.69 Å². The SMILES string of the molecule is Cc1cc[n+](CCC(=O)Nc2ccc(Cl)cc2C)cc1.[Br-]. The summed E-state index contributed by atoms with van der Waals surface area (Å²) in [6.45, 7) is 4.63. The minimum atomic E-state index is 0. The maximum Gasteiger partial charge on any atom is 0.230 e. The van der Waals surface area contributed by atoms with Gasteiger partial charge in [-0.3, -0.25) is 4.79 Å². The smallest absolute Gasteiger partial charge is 0.230 e. The molecule has 0 aliphatic heterocycles. The predicted molar refractivity (Wildman–Crippen MR) is 80.8 cm³/mol. The minimum absolute atomic E-state index is 0. The molecule has 1 aromatic heterocycles. The molecule has 0 fully saturated rings. The van der Waals surface area contributed by atoms with E-state index in [0.717, 1.165) is 11.3 Å². The molecule has 0 aliphatic carbocycles. The van der Waals surface area contributed by atoms with Crippen LogP contribution >= 0.6 is 11.6 Å². The molecule has 1 N–H and O–H groups in total. The molecular formula is C16H18BrClN2O. The zero-order chi connectivity index (χ0) is 14.5. The van der Waals surface area contributed by atoms with Crippen molar-refractivity contribution in [3.8, 4) is 0 Å². The number of aromatic nitrogens is 1. The molecule has 112 valence electrons. The molecule has 5 heteroatoms. The van der Waals surface area contributed by atoms with Gasteiger partial charge in [0.2, 0.25) is 5.91 Å². The van der Waals surface area contributed by atoms with Gasteiger partial charge in [0.1, 0.15) is 0 Å². The van der Waals surface area contributed by atoms with Crippen LogP contribution in [0.25, 0.3) is 0 Å². The predicted octanol–water partition coefficient (Wildman–Crippen LogP) is 0.277. The molecular weight excluding hydrogens is 352 g/mol. The van der Waals surface area contributed by atoms with E-state index in [2.05, 4.69) is 5.32 Å². The highest BCUT2D eigenvalue weighted by molar-refractivity contribution is 6.30. The number of hydrogen-bond donors (Lipinski definition) is 1. The summed E-state index contributed by atoms with van der Waals surface area (Å²) in [5, 5.41) is 3.58. The quantitative estimate of drug-likeness (QED) is 0.772. The zero-order valence-corrected chi connectivity index (χ0v) is 14.4. The first-order valence-corrected chi connectivity index (χ1v) is 6.94. The van der Waals surface area contributed by atoms with Crippen molar-refractivity contribution in [1.82, 2.24) is 0 Å². The minimum Gasteiger partial charge on any atom is -1.00 e. The summed E-state index contributed by atoms with van der Waals surface area (Å²) in [6, 6.07) is 9.50. The molecule has 0 radical (unpaired) electrons. The fourth-order valence-corrected chi connectivity index (χ4v) is 2.12. The van der Waals surface area contributed by atoms with E-state index in [1.54, 1.807) is 6.07 Å². The van der Waals surface area contributed by atoms with Gasteiger partial charge in [-0.1, -0.05) is 11.6 Å². The Balaban J connectivity index is 0.00000220. The number of amides is 1. The number of aryl methyl sites for hydroxylation is 3. The topological polar surface area (TPSA) is 33.0 Å². The van der Waals surface area contributed by atoms with Crippen molar-refractivity contribution in [3.63, 3.8) is 0 Å². The van der Waals surface area contributed by atoms with Gasteiger partial charge in [0.15, 0.2) is 18.9 Å². The van der Waals surface area contributed by atoms with Crippen molar-refractivity contribution in [2.24, 2.45) is 0 Å². The third-order valence-electron chi connectivity index (χ3n) is 3.12. The average Bonchev–Trinajstić information content (AvgIpc) is 2.41. The summed E-state index contributed by atoms with van der Waals surface area (Å²) < 4.78 is 2.00. The lowest BCUT2D eigenvalue weighted by molar-refractivity contribution is -0.695. The van der Waals surface area contributed by atoms with Crippen molar-refractivity contribution in [2.75, 3.05) is 5.32 Å². The first-order valence-electron chi connectivity index (χ1n) is 6.56. The Morgan fingerprint density at radius 1 is 1.19 bits per heavy atom. The van der Waals surface area contributed by atoms with E-state index in [-0.39, 0.29) is 22.9 Å². The van der Waals surface area contributed by atoms with Gasteiger partial charge in [-0.15, -0.1) is 0 Å². The standard InChI is InChI=1S/C16H17ClN2O.BrH/c1-12-5-8-19(9-6-12)10-7-16(20)18-15-4-3-14(17)11-13(15)2;/h3-6,8-9,11H,7,10H2,1-2H3;1H. The van der Waals surface area contributed by atoms with Crippen LogP contribution in [-0.2, 0) is 11.3 Å². The molecule has 0 aliphatic rings. The monoisotopic (exact) mass is 368 g/mol. The van der Waals surface area contributed by atoms with Gasteiger partial charge in [0, 0.05) is 22.8 Å². The van der Waals surface area contributed by atoms with Crippen LogP contribution < -0.4 is 26.9 Å². The number of anilines is 1. The molecule has 0 spiro atoms. The maximum atomic E-state index is 11.9. The number of nitrogens with zero attached hydrogens (tertiary/aromatic N) is 1. The number of pyridine rings is 1. The molecule has 3 nitrogen and oxygen atoms in total. The van der Waals surface area contributed by atoms with E-state index in [1.807, 2.05) is 55.1 Å². The van der Waals surface area contributed by atoms with Gasteiger partial charge in [-0.05, 0) is 43.2 Å². The van der Waals surface area contributed by atoms with E-state index in [9.17, 15) is 4.79 Å². The average molecular weight is 370 g/mol. The maximum absolute atomic E-state index is 11.9. The van der Waals surface area contributed by atoms with Crippen LogP contribution in [0.1, 0.15) is 17.5 Å². The zero-order valence-electron chi connectivity index (χ0n) is 12.1. The van der Waals surface area contributed by atoms with E-state index < -0.39 is 0 Å². The molecule has 0 atom stereocenters. The molecule has 21 heavy (non-hydrogen) atoms. The van der Waals surface area contributed by atoms with Gasteiger partial charge in [0.05, 0.1) is 6.42 Å². The fourth-order valence-electron chi connectivity index (χ4n) is 1.89. The van der Waals surface area contributed by atoms with E-state index in [1.165, 1.54) is 5.56 Å². The summed E-state index contributed by atoms with van der Waals surface area (Å²) in [5.41, 5.74) is 2.99. The van der Waals surface area contributed by atoms with Crippen LogP contribution in [0.2, 0.25) is 5.02 Å². The van der Waals surface area contributed by atoms with Gasteiger partial charge < -0.3 is 22.3 Å². The first-order chi connectivity index (χ1) is 9.54. The van der Waals surface area contributed by atoms with Crippen molar-refractivity contribution in [1.29, 1.82) is 0 Å². The number of halogens is 2. The molecule has 1 aromatic carbocycles. The Bertz CT molecular complexity index is 614. The summed E-state index contributed by atoms with van der Waals surface area (Å²) in [6.07, 6.45) is 4.40. The number of carbonyl (C=O) groups is 1. The molecule has 0 bridgehead atoms. The van der Waals surface area contributed by atoms with Crippen LogP contribution in [0.5, 0.6) is 0 Å². The Morgan fingerprint density at radius 2 is 1.86 bits per heavy atom. The normalized spacial score (nSPS) is 9.86. The molecule has 0 saturated carbocycles. The summed E-state index contributed by atoms with van der Waals surface area (Å²) in [4.78, 5) is 11.9. The second-order valence-electron chi connectivity index (χ2n) is 4.87. The highest BCUT2D eigenvalue weighted by Crippen LogP contribution is 2.19. The highest BCUT2D eigenvalue weighted by atomic mass is 79.9. The number of rotatable bonds is 4. The summed E-state index contributed by atoms with van der Waals surface area (Å²) >= 11 is 5.89. The number of nitrogens with one attached hydrogen (secondary N) is 1. The van der Waals surface area contributed by atoms with Crippen LogP contribution in [-0.4, -0.2) is 5.91 Å². The lowest BCUT2D eigenvalue weighted by atomic mass is 10.2. The summed E-state index contributed by atoms with van der Waals surface area (Å²) in [5.74, 6) is 0.00324. The van der Waals surface area contributed by atoms with E-state index >= 15 is 0 Å². The molecule has 2 rings (SSSR count). The van der Waals surface area contributed by atoms with E-state index in [0.29, 0.717) is 18.0 Å². The van der Waals surface area contributed by atoms with Crippen LogP contribution in [0.3, 0.4) is 0 Å². The third-order valence-corrected chi connectivity index (χ3v) is 3.35. The molecule has 2 aromatic rings. The first kappa shape index (κ1) is 17.7. The second-order valence-corrected chi connectivity index (χ2v) is 5.31. The highest BCUT2D eigenvalue weighted by Gasteiger charge is 2.08. The Hall–Kier alpha value is -1.39. The third kappa shape index (κ3) is 5.48. The van der Waals surface area contributed by atoms with Crippen molar-refractivity contribution in [2.45, 2.75) is 26.8 Å².